The molecule has 2 aromatic heterocycles. The van der Waals surface area contributed by atoms with Gasteiger partial charge in [-0.15, -0.1) is 20.4 Å². The minimum absolute atomic E-state index is 0.116. The Kier molecular flexibility index (Phi) is 18.5. The smallest absolute Gasteiger partial charge is 0.264 e. The number of hydrogen-bond donors (Lipinski definition) is 7. The van der Waals surface area contributed by atoms with E-state index in [4.69, 9.17) is 39.2 Å². The molecule has 49 heavy (non-hydrogen) atoms. The van der Waals surface area contributed by atoms with Crippen LogP contribution < -0.4 is 28.5 Å². The van der Waals surface area contributed by atoms with E-state index >= 15 is 0 Å². The van der Waals surface area contributed by atoms with Crippen LogP contribution in [-0.2, 0) is 27.1 Å². The van der Waals surface area contributed by atoms with E-state index in [1.807, 2.05) is 5.43 Å². The third-order valence-electron chi connectivity index (χ3n) is 8.43. The molecule has 4 saturated carbocycles. The summed E-state index contributed by atoms with van der Waals surface area (Å²) in [5.74, 6) is 9.19. The second-order valence-corrected chi connectivity index (χ2v) is 16.7. The Labute approximate surface area is 301 Å². The molecule has 0 spiro atoms. The molecular weight excluding hydrogens is 711 g/mol. The van der Waals surface area contributed by atoms with Crippen LogP contribution in [0.25, 0.3) is 4.85 Å². The van der Waals surface area contributed by atoms with E-state index in [1.54, 1.807) is 0 Å². The van der Waals surface area contributed by atoms with Gasteiger partial charge in [0, 0.05) is 38.4 Å². The van der Waals surface area contributed by atoms with Crippen molar-refractivity contribution in [2.24, 2.45) is 58.9 Å². The van der Waals surface area contributed by atoms with Crippen molar-refractivity contribution in [2.45, 2.75) is 58.3 Å². The van der Waals surface area contributed by atoms with Gasteiger partial charge in [0.05, 0.1) is 18.9 Å². The van der Waals surface area contributed by atoms with Crippen LogP contribution in [0.1, 0.15) is 55.5 Å². The second kappa shape index (κ2) is 21.4. The van der Waals surface area contributed by atoms with Gasteiger partial charge >= 0.3 is 0 Å². The summed E-state index contributed by atoms with van der Waals surface area (Å²) in [6.45, 7) is 10.2. The average Bonchev–Trinajstić information content (AvgIpc) is 3.95. The van der Waals surface area contributed by atoms with Crippen molar-refractivity contribution in [3.63, 3.8) is 0 Å². The van der Waals surface area contributed by atoms with E-state index in [0.717, 1.165) is 54.8 Å². The lowest BCUT2D eigenvalue weighted by Gasteiger charge is -1.98. The summed E-state index contributed by atoms with van der Waals surface area (Å²) < 4.78 is 25.7. The van der Waals surface area contributed by atoms with Gasteiger partial charge in [-0.1, -0.05) is 36.0 Å². The monoisotopic (exact) mass is 759 g/mol. The summed E-state index contributed by atoms with van der Waals surface area (Å²) in [6.07, 6.45) is 9.32. The number of nitrogen functional groups attached to an aromatic ring is 2. The Morgan fingerprint density at radius 2 is 1.43 bits per heavy atom. The lowest BCUT2D eigenvalue weighted by Crippen LogP contribution is -2.34. The van der Waals surface area contributed by atoms with Crippen LogP contribution in [0.5, 0.6) is 0 Å². The van der Waals surface area contributed by atoms with Crippen LogP contribution >= 0.6 is 34.9 Å². The topological polar surface area (TPSA) is 280 Å². The maximum Gasteiger partial charge on any atom is 0.264 e. The Hall–Kier alpha value is -2.82. The molecular formula is C29H49N11O5S4. The standard InChI is InChI=1S/C9H12N6S2.C7H8N2.C7H14O3S.C5H10O2.CH5N3S/c10-8-14-12-6(16-8)2-4-1-5(4)3-7-13-15-9(11)17-7;1-9-5-7-4-6(7)2-3-8;1-3-6-4-7(6)5-10-11(2,8)9;6-2-4-1-5(4)3-7;2-1(5)4-3/h4-5H,1-3H2,(H2,10,14)(H2,11,15);6-7H,2,4-5H2;6-7H,3-5H2,1-2H3;4-7H,1-3H2;3H2,(H3,2,4,5). The maximum absolute atomic E-state index is 10.5. The summed E-state index contributed by atoms with van der Waals surface area (Å²) in [5.41, 5.74) is 17.9. The summed E-state index contributed by atoms with van der Waals surface area (Å²) in [7, 11) is -3.21. The molecule has 0 aromatic carbocycles. The van der Waals surface area contributed by atoms with E-state index in [9.17, 15) is 8.42 Å². The molecule has 8 unspecified atom stereocenters. The van der Waals surface area contributed by atoms with Gasteiger partial charge in [-0.05, 0) is 79.3 Å². The third-order valence-corrected chi connectivity index (χ3v) is 10.7. The molecule has 4 aliphatic carbocycles. The molecule has 4 aliphatic rings. The molecule has 2 aromatic rings. The van der Waals surface area contributed by atoms with Crippen LogP contribution in [0.4, 0.5) is 10.3 Å². The zero-order valence-electron chi connectivity index (χ0n) is 27.8. The van der Waals surface area contributed by atoms with Crippen molar-refractivity contribution in [3.05, 3.63) is 21.4 Å². The first-order valence-electron chi connectivity index (χ1n) is 15.9. The number of nitriles is 1. The minimum atomic E-state index is -3.21. The molecule has 2 heterocycles. The number of aliphatic hydroxyl groups is 2. The molecule has 6 rings (SSSR count). The van der Waals surface area contributed by atoms with Crippen LogP contribution in [0.3, 0.4) is 0 Å². The Balaban J connectivity index is 0.000000228. The van der Waals surface area contributed by atoms with Gasteiger partial charge in [0.1, 0.15) is 10.0 Å². The lowest BCUT2D eigenvalue weighted by molar-refractivity contribution is 0.232. The fraction of sp³-hybridized carbons (Fsp3) is 0.759. The molecule has 0 amide bonds. The number of aliphatic hydroxyl groups excluding tert-OH is 2. The molecule has 8 atom stereocenters. The zero-order chi connectivity index (χ0) is 36.6. The molecule has 11 N–H and O–H groups in total. The van der Waals surface area contributed by atoms with Crippen molar-refractivity contribution < 1.29 is 22.8 Å². The highest BCUT2D eigenvalue weighted by molar-refractivity contribution is 7.86. The molecule has 0 saturated heterocycles. The average molecular weight is 760 g/mol. The predicted octanol–water partition coefficient (Wildman–Crippen LogP) is 1.74. The second-order valence-electron chi connectivity index (χ2n) is 12.5. The number of nitrogens with one attached hydrogen (secondary N) is 1. The number of nitrogens with two attached hydrogens (primary N) is 4. The van der Waals surface area contributed by atoms with Crippen molar-refractivity contribution in [1.82, 2.24) is 25.8 Å². The summed E-state index contributed by atoms with van der Waals surface area (Å²) >= 11 is 7.20. The van der Waals surface area contributed by atoms with E-state index < -0.39 is 10.1 Å². The summed E-state index contributed by atoms with van der Waals surface area (Å²) in [5, 5.41) is 44.0. The fourth-order valence-corrected chi connectivity index (χ4v) is 6.78. The minimum Gasteiger partial charge on any atom is -0.396 e. The first kappa shape index (κ1) is 42.3. The molecule has 274 valence electrons. The first-order valence-corrected chi connectivity index (χ1v) is 19.8. The SMILES string of the molecule is CCC1CC1COS(C)(=O)=O.NNC(N)=S.Nc1nnc(CC2CC2Cc2nnc(N)s2)s1.OCC1CC1CO.[C-]#[N+]CC1CC1CC#N. The lowest BCUT2D eigenvalue weighted by atomic mass is 10.2. The van der Waals surface area contributed by atoms with Crippen LogP contribution in [0.15, 0.2) is 0 Å². The normalized spacial score (nSPS) is 26.5. The number of nitrogens with zero attached hydrogens (tertiary/aromatic N) is 6. The molecule has 16 nitrogen and oxygen atoms in total. The van der Waals surface area contributed by atoms with Crippen LogP contribution in [-0.4, -0.2) is 76.8 Å². The van der Waals surface area contributed by atoms with Gasteiger partial charge < -0.3 is 37.7 Å². The highest BCUT2D eigenvalue weighted by Gasteiger charge is 2.39. The number of hydrogen-bond acceptors (Lipinski definition) is 16. The Morgan fingerprint density at radius 1 is 0.959 bits per heavy atom. The van der Waals surface area contributed by atoms with E-state index in [1.165, 1.54) is 29.1 Å². The van der Waals surface area contributed by atoms with Crippen molar-refractivity contribution >= 4 is 60.4 Å². The summed E-state index contributed by atoms with van der Waals surface area (Å²) in [6, 6.07) is 2.12. The van der Waals surface area contributed by atoms with Gasteiger partial charge in [0.15, 0.2) is 5.11 Å². The van der Waals surface area contributed by atoms with Gasteiger partial charge in [-0.2, -0.15) is 13.7 Å². The number of hydrazine groups is 1. The Morgan fingerprint density at radius 3 is 1.76 bits per heavy atom. The quantitative estimate of drug-likeness (QED) is 0.0533. The molecule has 0 radical (unpaired) electrons. The zero-order valence-corrected chi connectivity index (χ0v) is 31.1. The maximum atomic E-state index is 10.5. The third kappa shape index (κ3) is 18.7. The molecule has 0 bridgehead atoms. The van der Waals surface area contributed by atoms with Crippen LogP contribution in [0.2, 0.25) is 0 Å². The molecule has 0 aliphatic heterocycles. The van der Waals surface area contributed by atoms with Gasteiger partial charge in [0.25, 0.3) is 10.1 Å². The summed E-state index contributed by atoms with van der Waals surface area (Å²) in [4.78, 5) is 3.27. The first-order chi connectivity index (χ1) is 23.3. The van der Waals surface area contributed by atoms with Gasteiger partial charge in [-0.3, -0.25) is 4.18 Å². The Bertz CT molecular complexity index is 1400. The molecule has 20 heteroatoms. The van der Waals surface area contributed by atoms with E-state index in [0.29, 0.717) is 77.2 Å². The number of anilines is 2. The van der Waals surface area contributed by atoms with E-state index in [-0.39, 0.29) is 18.3 Å². The molecule has 4 fully saturated rings. The predicted molar refractivity (Wildman–Crippen MR) is 194 cm³/mol. The number of thiocarbonyl (C=S) groups is 1. The van der Waals surface area contributed by atoms with E-state index in [2.05, 4.69) is 60.5 Å². The van der Waals surface area contributed by atoms with Crippen molar-refractivity contribution in [1.29, 1.82) is 5.26 Å². The van der Waals surface area contributed by atoms with Crippen LogP contribution in [0, 0.1) is 65.2 Å². The highest BCUT2D eigenvalue weighted by atomic mass is 32.2. The largest absolute Gasteiger partial charge is 0.396 e. The van der Waals surface area contributed by atoms with Gasteiger partial charge in [-0.25, -0.2) is 12.4 Å². The number of rotatable bonds is 12. The fourth-order valence-electron chi connectivity index (χ4n) is 4.96. The van der Waals surface area contributed by atoms with Crippen molar-refractivity contribution in [3.8, 4) is 6.07 Å². The number of aromatic nitrogens is 4. The van der Waals surface area contributed by atoms with Crippen molar-refractivity contribution in [2.75, 3.05) is 44.1 Å². The highest BCUT2D eigenvalue weighted by Crippen LogP contribution is 2.44. The van der Waals surface area contributed by atoms with Gasteiger partial charge in [0.2, 0.25) is 16.8 Å².